The van der Waals surface area contributed by atoms with Crippen molar-refractivity contribution in [3.05, 3.63) is 131 Å². The number of carbonyl (C=O) groups excluding carboxylic acids is 1. The molecule has 5 rings (SSSR count). The second-order valence-electron chi connectivity index (χ2n) is 9.13. The molecule has 1 N–H and O–H groups in total. The van der Waals surface area contributed by atoms with Crippen LogP contribution in [0.4, 0.5) is 0 Å². The van der Waals surface area contributed by atoms with Gasteiger partial charge in [0, 0.05) is 39.6 Å². The molecule has 0 saturated carbocycles. The number of aromatic nitrogens is 2. The molecule has 0 fully saturated rings. The number of hydrogen-bond donors (Lipinski definition) is 1. The lowest BCUT2D eigenvalue weighted by atomic mass is 10.1. The van der Waals surface area contributed by atoms with Gasteiger partial charge in [-0.15, -0.1) is 0 Å². The van der Waals surface area contributed by atoms with Gasteiger partial charge < -0.3 is 9.13 Å². The Labute approximate surface area is 222 Å². The minimum absolute atomic E-state index is 0.277. The number of benzene rings is 3. The maximum atomic E-state index is 12.8. The Morgan fingerprint density at radius 2 is 1.47 bits per heavy atom. The van der Waals surface area contributed by atoms with Gasteiger partial charge in [0.15, 0.2) is 0 Å². The first-order valence-corrected chi connectivity index (χ1v) is 12.3. The van der Waals surface area contributed by atoms with Crippen LogP contribution in [0.3, 0.4) is 0 Å². The lowest BCUT2D eigenvalue weighted by molar-refractivity contribution is 0.0955. The van der Waals surface area contributed by atoms with E-state index in [1.807, 2.05) is 74.5 Å². The van der Waals surface area contributed by atoms with Crippen LogP contribution in [0.25, 0.3) is 22.6 Å². The molecule has 2 heterocycles. The van der Waals surface area contributed by atoms with Crippen molar-refractivity contribution in [2.45, 2.75) is 20.8 Å². The van der Waals surface area contributed by atoms with E-state index in [4.69, 9.17) is 5.26 Å². The highest BCUT2D eigenvalue weighted by molar-refractivity contribution is 5.95. The maximum Gasteiger partial charge on any atom is 0.271 e. The average molecular weight is 498 g/mol. The van der Waals surface area contributed by atoms with Crippen LogP contribution in [0.15, 0.2) is 102 Å². The van der Waals surface area contributed by atoms with Gasteiger partial charge in [0.25, 0.3) is 5.91 Å². The Morgan fingerprint density at radius 1 is 0.816 bits per heavy atom. The summed E-state index contributed by atoms with van der Waals surface area (Å²) in [5, 5.41) is 13.3. The predicted molar refractivity (Wildman–Crippen MR) is 151 cm³/mol. The zero-order chi connectivity index (χ0) is 26.6. The quantitative estimate of drug-likeness (QED) is 0.215. The first-order valence-electron chi connectivity index (χ1n) is 12.3. The van der Waals surface area contributed by atoms with Gasteiger partial charge >= 0.3 is 0 Å². The summed E-state index contributed by atoms with van der Waals surface area (Å²) in [7, 11) is 0. The van der Waals surface area contributed by atoms with Crippen molar-refractivity contribution >= 4 is 12.1 Å². The van der Waals surface area contributed by atoms with Gasteiger partial charge in [0.05, 0.1) is 23.5 Å². The van der Waals surface area contributed by atoms with Gasteiger partial charge in [-0.05, 0) is 93.1 Å². The van der Waals surface area contributed by atoms with E-state index in [1.54, 1.807) is 18.3 Å². The summed E-state index contributed by atoms with van der Waals surface area (Å²) in [6.45, 7) is 6.08. The molecule has 1 amide bonds. The Balaban J connectivity index is 1.30. The van der Waals surface area contributed by atoms with E-state index in [1.165, 1.54) is 0 Å². The van der Waals surface area contributed by atoms with E-state index >= 15 is 0 Å². The van der Waals surface area contributed by atoms with Crippen molar-refractivity contribution in [2.24, 2.45) is 5.10 Å². The highest BCUT2D eigenvalue weighted by Gasteiger charge is 2.12. The van der Waals surface area contributed by atoms with Crippen LogP contribution in [0.2, 0.25) is 0 Å². The second-order valence-corrected chi connectivity index (χ2v) is 9.13. The molecule has 0 unspecified atom stereocenters. The van der Waals surface area contributed by atoms with Crippen molar-refractivity contribution in [1.29, 1.82) is 5.26 Å². The fraction of sp³-hybridized carbons (Fsp3) is 0.0938. The fourth-order valence-electron chi connectivity index (χ4n) is 4.70. The summed E-state index contributed by atoms with van der Waals surface area (Å²) in [6.07, 6.45) is 1.66. The Kier molecular flexibility index (Phi) is 6.75. The van der Waals surface area contributed by atoms with E-state index < -0.39 is 0 Å². The largest absolute Gasteiger partial charge is 0.318 e. The van der Waals surface area contributed by atoms with Crippen LogP contribution in [-0.2, 0) is 0 Å². The molecular weight excluding hydrogens is 470 g/mol. The van der Waals surface area contributed by atoms with Crippen LogP contribution in [-0.4, -0.2) is 21.3 Å². The second kappa shape index (κ2) is 10.5. The van der Waals surface area contributed by atoms with Gasteiger partial charge in [0.2, 0.25) is 0 Å². The smallest absolute Gasteiger partial charge is 0.271 e. The highest BCUT2D eigenvalue weighted by atomic mass is 16.2. The monoisotopic (exact) mass is 497 g/mol. The molecule has 38 heavy (non-hydrogen) atoms. The van der Waals surface area contributed by atoms with E-state index in [-0.39, 0.29) is 5.91 Å². The fourth-order valence-corrected chi connectivity index (χ4v) is 4.70. The molecule has 186 valence electrons. The minimum atomic E-state index is -0.277. The summed E-state index contributed by atoms with van der Waals surface area (Å²) < 4.78 is 4.27. The number of aryl methyl sites for hydroxylation is 2. The van der Waals surface area contributed by atoms with Crippen molar-refractivity contribution in [3.8, 4) is 28.7 Å². The Morgan fingerprint density at radius 3 is 2.16 bits per heavy atom. The third kappa shape index (κ3) is 4.78. The van der Waals surface area contributed by atoms with Gasteiger partial charge in [-0.25, -0.2) is 5.43 Å². The van der Waals surface area contributed by atoms with Gasteiger partial charge in [-0.3, -0.25) is 4.79 Å². The summed E-state index contributed by atoms with van der Waals surface area (Å²) in [4.78, 5) is 12.8. The number of nitrogens with zero attached hydrogens (tertiary/aromatic N) is 4. The van der Waals surface area contributed by atoms with Crippen LogP contribution in [0, 0.1) is 32.1 Å². The molecule has 0 radical (unpaired) electrons. The summed E-state index contributed by atoms with van der Waals surface area (Å²) in [5.41, 5.74) is 12.0. The Bertz CT molecular complexity index is 1670. The zero-order valence-corrected chi connectivity index (χ0v) is 21.5. The standard InChI is InChI=1S/C32H27N5O/c1-22-9-18-31(26-7-5-4-6-8-26)37(22)30-16-12-27(13-17-30)32(38)35-34-21-28-19-23(2)36(24(28)3)29-14-10-25(20-33)11-15-29/h4-19,21H,1-3H3,(H,35,38)/b34-21+. The molecule has 0 saturated heterocycles. The number of rotatable bonds is 6. The predicted octanol–water partition coefficient (Wildman–Crippen LogP) is 6.50. The van der Waals surface area contributed by atoms with E-state index in [0.717, 1.165) is 45.3 Å². The molecule has 6 nitrogen and oxygen atoms in total. The molecule has 6 heteroatoms. The Hall–Kier alpha value is -5.15. The number of nitrogens with one attached hydrogen (secondary N) is 1. The molecule has 0 aliphatic heterocycles. The first-order chi connectivity index (χ1) is 18.5. The number of amides is 1. The van der Waals surface area contributed by atoms with Crippen molar-refractivity contribution in [1.82, 2.24) is 14.6 Å². The summed E-state index contributed by atoms with van der Waals surface area (Å²) in [6, 6.07) is 33.6. The van der Waals surface area contributed by atoms with Crippen LogP contribution in [0.1, 0.15) is 38.6 Å². The van der Waals surface area contributed by atoms with Crippen molar-refractivity contribution < 1.29 is 4.79 Å². The van der Waals surface area contributed by atoms with Crippen molar-refractivity contribution in [2.75, 3.05) is 0 Å². The third-order valence-corrected chi connectivity index (χ3v) is 6.63. The molecule has 3 aromatic carbocycles. The van der Waals surface area contributed by atoms with E-state index in [9.17, 15) is 4.79 Å². The molecule has 0 atom stereocenters. The average Bonchev–Trinajstić information content (AvgIpc) is 3.47. The van der Waals surface area contributed by atoms with Gasteiger partial charge in [-0.1, -0.05) is 30.3 Å². The van der Waals surface area contributed by atoms with Gasteiger partial charge in [-0.2, -0.15) is 10.4 Å². The van der Waals surface area contributed by atoms with Crippen molar-refractivity contribution in [3.63, 3.8) is 0 Å². The number of nitriles is 1. The van der Waals surface area contributed by atoms with Crippen LogP contribution in [0.5, 0.6) is 0 Å². The normalized spacial score (nSPS) is 11.0. The molecule has 2 aromatic heterocycles. The molecular formula is C32H27N5O. The lowest BCUT2D eigenvalue weighted by Crippen LogP contribution is -2.17. The molecule has 0 bridgehead atoms. The zero-order valence-electron chi connectivity index (χ0n) is 21.5. The van der Waals surface area contributed by atoms with E-state index in [0.29, 0.717) is 11.1 Å². The van der Waals surface area contributed by atoms with Crippen LogP contribution >= 0.6 is 0 Å². The lowest BCUT2D eigenvalue weighted by Gasteiger charge is -2.12. The molecule has 0 aliphatic carbocycles. The maximum absolute atomic E-state index is 12.8. The molecule has 0 spiro atoms. The number of hydrogen-bond acceptors (Lipinski definition) is 3. The SMILES string of the molecule is Cc1ccc(-c2ccccc2)n1-c1ccc(C(=O)N/N=C/c2cc(C)n(-c3ccc(C#N)cc3)c2C)cc1. The topological polar surface area (TPSA) is 75.1 Å². The first kappa shape index (κ1) is 24.5. The summed E-state index contributed by atoms with van der Waals surface area (Å²) in [5.74, 6) is -0.277. The van der Waals surface area contributed by atoms with E-state index in [2.05, 4.69) is 56.9 Å². The van der Waals surface area contributed by atoms with Crippen LogP contribution < -0.4 is 5.43 Å². The number of hydrazone groups is 1. The minimum Gasteiger partial charge on any atom is -0.318 e. The summed E-state index contributed by atoms with van der Waals surface area (Å²) >= 11 is 0. The highest BCUT2D eigenvalue weighted by Crippen LogP contribution is 2.26. The molecule has 5 aromatic rings. The van der Waals surface area contributed by atoms with Gasteiger partial charge in [0.1, 0.15) is 0 Å². The molecule has 0 aliphatic rings. The third-order valence-electron chi connectivity index (χ3n) is 6.63. The number of carbonyl (C=O) groups is 1.